The minimum absolute atomic E-state index is 0.0174. The van der Waals surface area contributed by atoms with Gasteiger partial charge in [-0.1, -0.05) is 65.3 Å². The summed E-state index contributed by atoms with van der Waals surface area (Å²) in [7, 11) is 0. The molecule has 0 heterocycles. The van der Waals surface area contributed by atoms with E-state index in [0.29, 0.717) is 54.0 Å². The maximum absolute atomic E-state index is 14.0. The fourth-order valence-electron chi connectivity index (χ4n) is 4.63. The minimum atomic E-state index is -1.15. The van der Waals surface area contributed by atoms with Gasteiger partial charge in [0, 0.05) is 17.0 Å². The molecule has 0 unspecified atom stereocenters. The van der Waals surface area contributed by atoms with Crippen LogP contribution >= 0.6 is 11.6 Å². The van der Waals surface area contributed by atoms with Crippen molar-refractivity contribution in [2.45, 2.75) is 92.9 Å². The highest BCUT2D eigenvalue weighted by Gasteiger charge is 2.50. The molecule has 35 heavy (non-hydrogen) atoms. The molecule has 0 amide bonds. The molecule has 194 valence electrons. The summed E-state index contributed by atoms with van der Waals surface area (Å²) < 4.78 is 0. The average Bonchev–Trinajstić information content (AvgIpc) is 2.78. The number of aryl methyl sites for hydroxylation is 1. The molecule has 4 nitrogen and oxygen atoms in total. The lowest BCUT2D eigenvalue weighted by Crippen LogP contribution is -2.41. The van der Waals surface area contributed by atoms with Crippen LogP contribution in [-0.2, 0) is 16.0 Å². The quantitative estimate of drug-likeness (QED) is 0.266. The Morgan fingerprint density at radius 1 is 0.857 bits per heavy atom. The standard InChI is InChI=1S/C30H43ClO4/c1-19(2)7-13-24-27(33)26(25(32)14-10-22-8-11-23(31)12-9-22)29(35)30(28(24)34,17-15-20(3)4)18-16-21(5)6/h8-9,11-12,19-21,33-34H,7,10,13-18H2,1-6H3. The Labute approximate surface area is 216 Å². The van der Waals surface area contributed by atoms with E-state index >= 15 is 0 Å². The first kappa shape index (κ1) is 29.2. The molecule has 0 saturated heterocycles. The van der Waals surface area contributed by atoms with E-state index in [1.54, 1.807) is 12.1 Å². The zero-order valence-corrected chi connectivity index (χ0v) is 23.0. The Morgan fingerprint density at radius 3 is 1.86 bits per heavy atom. The van der Waals surface area contributed by atoms with E-state index in [1.165, 1.54) is 0 Å². The van der Waals surface area contributed by atoms with Crippen LogP contribution in [0.5, 0.6) is 0 Å². The van der Waals surface area contributed by atoms with E-state index in [1.807, 2.05) is 12.1 Å². The third kappa shape index (κ3) is 7.46. The molecule has 2 rings (SSSR count). The Morgan fingerprint density at radius 2 is 1.37 bits per heavy atom. The molecular formula is C30H43ClO4. The lowest BCUT2D eigenvalue weighted by molar-refractivity contribution is -0.129. The molecule has 0 fully saturated rings. The first-order valence-electron chi connectivity index (χ1n) is 13.1. The molecule has 1 aliphatic rings. The number of hydrogen-bond donors (Lipinski definition) is 2. The maximum atomic E-state index is 14.0. The topological polar surface area (TPSA) is 74.6 Å². The summed E-state index contributed by atoms with van der Waals surface area (Å²) in [5.41, 5.74) is 0.0392. The number of allylic oxidation sites excluding steroid dienone is 3. The number of aliphatic hydroxyl groups excluding tert-OH is 2. The lowest BCUT2D eigenvalue weighted by Gasteiger charge is -2.38. The number of carbonyl (C=O) groups excluding carboxylic acids is 2. The van der Waals surface area contributed by atoms with Gasteiger partial charge in [-0.15, -0.1) is 0 Å². The fourth-order valence-corrected chi connectivity index (χ4v) is 4.75. The highest BCUT2D eigenvalue weighted by Crippen LogP contribution is 2.48. The number of hydrogen-bond acceptors (Lipinski definition) is 4. The monoisotopic (exact) mass is 502 g/mol. The molecule has 1 aromatic carbocycles. The van der Waals surface area contributed by atoms with Crippen molar-refractivity contribution in [3.8, 4) is 0 Å². The van der Waals surface area contributed by atoms with E-state index in [4.69, 9.17) is 11.6 Å². The molecule has 0 saturated carbocycles. The van der Waals surface area contributed by atoms with Crippen molar-refractivity contribution in [1.82, 2.24) is 0 Å². The molecule has 0 spiro atoms. The molecule has 5 heteroatoms. The molecule has 1 aromatic rings. The van der Waals surface area contributed by atoms with Gasteiger partial charge in [0.25, 0.3) is 0 Å². The van der Waals surface area contributed by atoms with E-state index in [2.05, 4.69) is 41.5 Å². The second kappa shape index (κ2) is 12.8. The van der Waals surface area contributed by atoms with Gasteiger partial charge in [-0.05, 0) is 80.4 Å². The Bertz CT molecular complexity index is 939. The van der Waals surface area contributed by atoms with Crippen molar-refractivity contribution < 1.29 is 19.8 Å². The maximum Gasteiger partial charge on any atom is 0.183 e. The van der Waals surface area contributed by atoms with Gasteiger partial charge in [0.1, 0.15) is 17.1 Å². The number of aliphatic hydroxyl groups is 2. The molecule has 0 radical (unpaired) electrons. The van der Waals surface area contributed by atoms with E-state index in [-0.39, 0.29) is 29.3 Å². The van der Waals surface area contributed by atoms with Gasteiger partial charge in [0.15, 0.2) is 11.6 Å². The van der Waals surface area contributed by atoms with E-state index in [9.17, 15) is 19.8 Å². The van der Waals surface area contributed by atoms with Gasteiger partial charge in [-0.25, -0.2) is 0 Å². The zero-order valence-electron chi connectivity index (χ0n) is 22.3. The predicted octanol–water partition coefficient (Wildman–Crippen LogP) is 8.34. The Balaban J connectivity index is 2.51. The molecule has 0 aromatic heterocycles. The van der Waals surface area contributed by atoms with Crippen LogP contribution in [0.3, 0.4) is 0 Å². The van der Waals surface area contributed by atoms with Crippen molar-refractivity contribution in [2.24, 2.45) is 23.2 Å². The first-order chi connectivity index (χ1) is 16.4. The van der Waals surface area contributed by atoms with Crippen LogP contribution in [0.1, 0.15) is 92.1 Å². The SMILES string of the molecule is CC(C)CCC1=C(O)C(CCC(C)C)(CCC(C)C)C(=O)C(C(=O)CCc2ccc(Cl)cc2)=C1O. The molecule has 0 atom stereocenters. The third-order valence-electron chi connectivity index (χ3n) is 7.02. The molecule has 2 N–H and O–H groups in total. The molecule has 1 aliphatic carbocycles. The summed E-state index contributed by atoms with van der Waals surface area (Å²) >= 11 is 5.97. The fraction of sp³-hybridized carbons (Fsp3) is 0.600. The van der Waals surface area contributed by atoms with Crippen LogP contribution in [-0.4, -0.2) is 21.8 Å². The second-order valence-electron chi connectivity index (χ2n) is 11.3. The molecule has 0 aliphatic heterocycles. The largest absolute Gasteiger partial charge is 0.511 e. The number of ketones is 2. The summed E-state index contributed by atoms with van der Waals surface area (Å²) in [4.78, 5) is 27.5. The smallest absolute Gasteiger partial charge is 0.183 e. The van der Waals surface area contributed by atoms with Crippen LogP contribution < -0.4 is 0 Å². The van der Waals surface area contributed by atoms with Crippen LogP contribution in [0, 0.1) is 23.2 Å². The molecular weight excluding hydrogens is 460 g/mol. The third-order valence-corrected chi connectivity index (χ3v) is 7.28. The highest BCUT2D eigenvalue weighted by atomic mass is 35.5. The number of rotatable bonds is 13. The van der Waals surface area contributed by atoms with Crippen LogP contribution in [0.4, 0.5) is 0 Å². The van der Waals surface area contributed by atoms with Crippen molar-refractivity contribution in [3.05, 3.63) is 57.5 Å². The minimum Gasteiger partial charge on any atom is -0.511 e. The van der Waals surface area contributed by atoms with E-state index < -0.39 is 11.2 Å². The first-order valence-corrected chi connectivity index (χ1v) is 13.5. The van der Waals surface area contributed by atoms with Crippen molar-refractivity contribution in [1.29, 1.82) is 0 Å². The van der Waals surface area contributed by atoms with Gasteiger partial charge in [-0.3, -0.25) is 9.59 Å². The Kier molecular flexibility index (Phi) is 10.6. The normalized spacial score (nSPS) is 16.2. The molecule has 0 bridgehead atoms. The Hall–Kier alpha value is -2.07. The zero-order chi connectivity index (χ0) is 26.3. The number of carbonyl (C=O) groups is 2. The van der Waals surface area contributed by atoms with Crippen LogP contribution in [0.15, 0.2) is 46.9 Å². The van der Waals surface area contributed by atoms with Crippen molar-refractivity contribution >= 4 is 23.2 Å². The van der Waals surface area contributed by atoms with Gasteiger partial charge in [0.05, 0.1) is 5.41 Å². The highest BCUT2D eigenvalue weighted by molar-refractivity contribution is 6.30. The number of halogens is 1. The van der Waals surface area contributed by atoms with Gasteiger partial charge >= 0.3 is 0 Å². The summed E-state index contributed by atoms with van der Waals surface area (Å²) in [6, 6.07) is 7.28. The average molecular weight is 503 g/mol. The van der Waals surface area contributed by atoms with Crippen molar-refractivity contribution in [3.63, 3.8) is 0 Å². The summed E-state index contributed by atoms with van der Waals surface area (Å²) in [5, 5.41) is 23.3. The van der Waals surface area contributed by atoms with Crippen LogP contribution in [0.2, 0.25) is 5.02 Å². The predicted molar refractivity (Wildman–Crippen MR) is 144 cm³/mol. The summed E-state index contributed by atoms with van der Waals surface area (Å²) in [5.74, 6) is -0.0808. The van der Waals surface area contributed by atoms with Gasteiger partial charge in [0.2, 0.25) is 0 Å². The number of Topliss-reactive ketones (excluding diaryl/α,β-unsaturated/α-hetero) is 2. The van der Waals surface area contributed by atoms with Gasteiger partial charge in [-0.2, -0.15) is 0 Å². The summed E-state index contributed by atoms with van der Waals surface area (Å²) in [6.07, 6.45) is 4.16. The summed E-state index contributed by atoms with van der Waals surface area (Å²) in [6.45, 7) is 12.5. The lowest BCUT2D eigenvalue weighted by atomic mass is 9.64. The van der Waals surface area contributed by atoms with Crippen LogP contribution in [0.25, 0.3) is 0 Å². The van der Waals surface area contributed by atoms with Gasteiger partial charge < -0.3 is 10.2 Å². The number of benzene rings is 1. The second-order valence-corrected chi connectivity index (χ2v) is 11.7. The van der Waals surface area contributed by atoms with Crippen molar-refractivity contribution in [2.75, 3.05) is 0 Å². The van der Waals surface area contributed by atoms with E-state index in [0.717, 1.165) is 24.8 Å².